The first-order chi connectivity index (χ1) is 7.66. The lowest BCUT2D eigenvalue weighted by atomic mass is 10.2. The third-order valence-electron chi connectivity index (χ3n) is 2.62. The summed E-state index contributed by atoms with van der Waals surface area (Å²) in [5, 5.41) is 2.56. The molecule has 5 heteroatoms. The Labute approximate surface area is 96.1 Å². The zero-order valence-electron chi connectivity index (χ0n) is 9.99. The summed E-state index contributed by atoms with van der Waals surface area (Å²) >= 11 is 0. The van der Waals surface area contributed by atoms with E-state index in [1.54, 1.807) is 11.8 Å². The van der Waals surface area contributed by atoms with Crippen molar-refractivity contribution in [1.29, 1.82) is 0 Å². The molecular formula is C11H20N2O3. The zero-order valence-corrected chi connectivity index (χ0v) is 9.99. The van der Waals surface area contributed by atoms with Crippen molar-refractivity contribution in [3.63, 3.8) is 0 Å². The molecule has 1 aliphatic heterocycles. The molecule has 1 saturated heterocycles. The first-order valence-electron chi connectivity index (χ1n) is 5.81. The summed E-state index contributed by atoms with van der Waals surface area (Å²) in [7, 11) is 0. The van der Waals surface area contributed by atoms with Gasteiger partial charge in [-0.3, -0.25) is 9.59 Å². The van der Waals surface area contributed by atoms with Crippen LogP contribution in [0.4, 0.5) is 0 Å². The van der Waals surface area contributed by atoms with Gasteiger partial charge in [0.15, 0.2) is 0 Å². The van der Waals surface area contributed by atoms with Gasteiger partial charge in [0.05, 0.1) is 6.54 Å². The van der Waals surface area contributed by atoms with E-state index in [2.05, 4.69) is 12.2 Å². The van der Waals surface area contributed by atoms with Gasteiger partial charge in [0.1, 0.15) is 6.04 Å². The minimum Gasteiger partial charge on any atom is -0.381 e. The number of hydrogen-bond acceptors (Lipinski definition) is 3. The third kappa shape index (κ3) is 3.48. The Bertz CT molecular complexity index is 256. The molecule has 1 unspecified atom stereocenters. The normalized spacial score (nSPS) is 21.1. The fourth-order valence-electron chi connectivity index (χ4n) is 1.67. The molecule has 1 N–H and O–H groups in total. The highest BCUT2D eigenvalue weighted by Crippen LogP contribution is 2.06. The monoisotopic (exact) mass is 228 g/mol. The summed E-state index contributed by atoms with van der Waals surface area (Å²) in [6, 6.07) is -0.354. The molecule has 0 aromatic carbocycles. The Kier molecular flexibility index (Phi) is 5.25. The number of nitrogens with zero attached hydrogens (tertiary/aromatic N) is 1. The van der Waals surface area contributed by atoms with E-state index in [0.29, 0.717) is 13.2 Å². The largest absolute Gasteiger partial charge is 0.381 e. The standard InChI is InChI=1S/C11H20N2O3/c1-3-6-16-7-4-5-13-9(2)11(15)12-8-10(13)14/h9H,3-8H2,1-2H3,(H,12,15). The summed E-state index contributed by atoms with van der Waals surface area (Å²) < 4.78 is 5.33. The van der Waals surface area contributed by atoms with Gasteiger partial charge < -0.3 is 15.0 Å². The summed E-state index contributed by atoms with van der Waals surface area (Å²) in [4.78, 5) is 24.5. The molecule has 1 atom stereocenters. The van der Waals surface area contributed by atoms with Gasteiger partial charge in [-0.15, -0.1) is 0 Å². The Hall–Kier alpha value is -1.10. The van der Waals surface area contributed by atoms with E-state index in [1.807, 2.05) is 0 Å². The second-order valence-corrected chi connectivity index (χ2v) is 3.95. The molecule has 0 aromatic heterocycles. The fourth-order valence-corrected chi connectivity index (χ4v) is 1.67. The Morgan fingerprint density at radius 3 is 2.88 bits per heavy atom. The Morgan fingerprint density at radius 1 is 1.44 bits per heavy atom. The molecule has 2 amide bonds. The second-order valence-electron chi connectivity index (χ2n) is 3.95. The molecule has 1 aliphatic rings. The van der Waals surface area contributed by atoms with Crippen LogP contribution in [0.3, 0.4) is 0 Å². The highest BCUT2D eigenvalue weighted by atomic mass is 16.5. The van der Waals surface area contributed by atoms with Crippen molar-refractivity contribution < 1.29 is 14.3 Å². The summed E-state index contributed by atoms with van der Waals surface area (Å²) in [5.41, 5.74) is 0. The van der Waals surface area contributed by atoms with Crippen LogP contribution in [0, 0.1) is 0 Å². The van der Waals surface area contributed by atoms with Crippen LogP contribution in [0.15, 0.2) is 0 Å². The number of nitrogens with one attached hydrogen (secondary N) is 1. The van der Waals surface area contributed by atoms with Gasteiger partial charge in [-0.05, 0) is 19.8 Å². The van der Waals surface area contributed by atoms with Crippen molar-refractivity contribution in [2.75, 3.05) is 26.3 Å². The molecule has 1 rings (SSSR count). The quantitative estimate of drug-likeness (QED) is 0.658. The van der Waals surface area contributed by atoms with Gasteiger partial charge in [0, 0.05) is 19.8 Å². The summed E-state index contributed by atoms with van der Waals surface area (Å²) in [5.74, 6) is -0.0864. The zero-order chi connectivity index (χ0) is 12.0. The molecule has 1 heterocycles. The van der Waals surface area contributed by atoms with Crippen LogP contribution in [-0.2, 0) is 14.3 Å². The van der Waals surface area contributed by atoms with E-state index in [1.165, 1.54) is 0 Å². The number of rotatable bonds is 6. The maximum Gasteiger partial charge on any atom is 0.242 e. The molecule has 16 heavy (non-hydrogen) atoms. The van der Waals surface area contributed by atoms with E-state index in [4.69, 9.17) is 4.74 Å². The van der Waals surface area contributed by atoms with Crippen molar-refractivity contribution >= 4 is 11.8 Å². The highest BCUT2D eigenvalue weighted by Gasteiger charge is 2.30. The summed E-state index contributed by atoms with van der Waals surface area (Å²) in [6.45, 7) is 5.92. The number of carbonyl (C=O) groups is 2. The molecule has 92 valence electrons. The summed E-state index contributed by atoms with van der Waals surface area (Å²) in [6.07, 6.45) is 1.78. The molecule has 0 bridgehead atoms. The predicted molar refractivity (Wildman–Crippen MR) is 59.9 cm³/mol. The molecule has 0 aliphatic carbocycles. The first-order valence-corrected chi connectivity index (χ1v) is 5.81. The molecular weight excluding hydrogens is 208 g/mol. The fraction of sp³-hybridized carbons (Fsp3) is 0.818. The van der Waals surface area contributed by atoms with Crippen molar-refractivity contribution in [2.45, 2.75) is 32.7 Å². The number of carbonyl (C=O) groups excluding carboxylic acids is 2. The van der Waals surface area contributed by atoms with Crippen LogP contribution in [0.1, 0.15) is 26.7 Å². The van der Waals surface area contributed by atoms with Crippen LogP contribution in [0.2, 0.25) is 0 Å². The average Bonchev–Trinajstić information content (AvgIpc) is 2.28. The molecule has 1 fully saturated rings. The van der Waals surface area contributed by atoms with Crippen LogP contribution in [0.25, 0.3) is 0 Å². The van der Waals surface area contributed by atoms with Crippen molar-refractivity contribution in [2.24, 2.45) is 0 Å². The van der Waals surface area contributed by atoms with E-state index < -0.39 is 0 Å². The number of hydrogen-bond donors (Lipinski definition) is 1. The van der Waals surface area contributed by atoms with E-state index in [-0.39, 0.29) is 24.4 Å². The lowest BCUT2D eigenvalue weighted by molar-refractivity contribution is -0.145. The van der Waals surface area contributed by atoms with Gasteiger partial charge in [0.2, 0.25) is 11.8 Å². The van der Waals surface area contributed by atoms with Gasteiger partial charge in [-0.2, -0.15) is 0 Å². The SMILES string of the molecule is CCCOCCCN1C(=O)CNC(=O)C1C. The van der Waals surface area contributed by atoms with Gasteiger partial charge in [-0.25, -0.2) is 0 Å². The van der Waals surface area contributed by atoms with Crippen LogP contribution >= 0.6 is 0 Å². The molecule has 5 nitrogen and oxygen atoms in total. The lowest BCUT2D eigenvalue weighted by Gasteiger charge is -2.32. The van der Waals surface area contributed by atoms with E-state index in [9.17, 15) is 9.59 Å². The van der Waals surface area contributed by atoms with Gasteiger partial charge >= 0.3 is 0 Å². The first kappa shape index (κ1) is 13.0. The van der Waals surface area contributed by atoms with Crippen molar-refractivity contribution in [3.8, 4) is 0 Å². The number of piperazine rings is 1. The molecule has 0 saturated carbocycles. The third-order valence-corrected chi connectivity index (χ3v) is 2.62. The molecule has 0 radical (unpaired) electrons. The van der Waals surface area contributed by atoms with Crippen LogP contribution < -0.4 is 5.32 Å². The van der Waals surface area contributed by atoms with Crippen LogP contribution in [0.5, 0.6) is 0 Å². The second kappa shape index (κ2) is 6.48. The topological polar surface area (TPSA) is 58.6 Å². The van der Waals surface area contributed by atoms with Crippen LogP contribution in [-0.4, -0.2) is 49.1 Å². The van der Waals surface area contributed by atoms with Gasteiger partial charge in [0.25, 0.3) is 0 Å². The lowest BCUT2D eigenvalue weighted by Crippen LogP contribution is -2.57. The predicted octanol–water partition coefficient (Wildman–Crippen LogP) is 0.150. The van der Waals surface area contributed by atoms with E-state index >= 15 is 0 Å². The minimum atomic E-state index is -0.354. The average molecular weight is 228 g/mol. The van der Waals surface area contributed by atoms with Gasteiger partial charge in [-0.1, -0.05) is 6.92 Å². The molecule has 0 aromatic rings. The Balaban J connectivity index is 2.28. The minimum absolute atomic E-state index is 0.0115. The number of amides is 2. The highest BCUT2D eigenvalue weighted by molar-refractivity contribution is 5.94. The maximum atomic E-state index is 11.5. The molecule has 0 spiro atoms. The smallest absolute Gasteiger partial charge is 0.242 e. The Morgan fingerprint density at radius 2 is 2.19 bits per heavy atom. The number of ether oxygens (including phenoxy) is 1. The van der Waals surface area contributed by atoms with Crippen molar-refractivity contribution in [3.05, 3.63) is 0 Å². The van der Waals surface area contributed by atoms with Crippen molar-refractivity contribution in [1.82, 2.24) is 10.2 Å². The van der Waals surface area contributed by atoms with E-state index in [0.717, 1.165) is 19.4 Å². The maximum absolute atomic E-state index is 11.5.